The molecule has 2 heterocycles. The fourth-order valence-electron chi connectivity index (χ4n) is 2.08. The normalized spacial score (nSPS) is 20.2. The van der Waals surface area contributed by atoms with Crippen molar-refractivity contribution in [2.75, 3.05) is 13.1 Å². The first kappa shape index (κ1) is 12.0. The minimum atomic E-state index is 0.0988. The maximum absolute atomic E-state index is 11.7. The lowest BCUT2D eigenvalue weighted by molar-refractivity contribution is -0.122. The van der Waals surface area contributed by atoms with E-state index in [0.29, 0.717) is 18.9 Å². The van der Waals surface area contributed by atoms with Gasteiger partial charge in [0.2, 0.25) is 5.91 Å². The summed E-state index contributed by atoms with van der Waals surface area (Å²) in [7, 11) is 1.87. The van der Waals surface area contributed by atoms with Crippen molar-refractivity contribution in [3.63, 3.8) is 0 Å². The van der Waals surface area contributed by atoms with Crippen LogP contribution >= 0.6 is 0 Å². The van der Waals surface area contributed by atoms with E-state index in [-0.39, 0.29) is 5.91 Å². The topological polar surface area (TPSA) is 71.8 Å². The molecule has 1 aromatic heterocycles. The Morgan fingerprint density at radius 2 is 2.59 bits per heavy atom. The minimum absolute atomic E-state index is 0.0988. The second kappa shape index (κ2) is 5.77. The number of carbonyl (C=O) groups is 1. The Morgan fingerprint density at radius 3 is 3.24 bits per heavy atom. The predicted octanol–water partition coefficient (Wildman–Crippen LogP) is -0.179. The first-order chi connectivity index (χ1) is 8.25. The molecule has 1 aliphatic heterocycles. The number of aryl methyl sites for hydroxylation is 1. The molecule has 2 N–H and O–H groups in total. The Hall–Kier alpha value is -1.43. The van der Waals surface area contributed by atoms with Gasteiger partial charge in [-0.3, -0.25) is 4.79 Å². The van der Waals surface area contributed by atoms with Crippen LogP contribution < -0.4 is 10.6 Å². The van der Waals surface area contributed by atoms with Crippen LogP contribution in [-0.4, -0.2) is 33.8 Å². The van der Waals surface area contributed by atoms with E-state index in [1.807, 2.05) is 11.6 Å². The molecule has 1 unspecified atom stereocenters. The molecule has 0 bridgehead atoms. The fourth-order valence-corrected chi connectivity index (χ4v) is 2.08. The van der Waals surface area contributed by atoms with Crippen molar-refractivity contribution < 1.29 is 4.79 Å². The summed E-state index contributed by atoms with van der Waals surface area (Å²) in [5, 5.41) is 13.9. The average Bonchev–Trinajstić information content (AvgIpc) is 2.74. The monoisotopic (exact) mass is 237 g/mol. The van der Waals surface area contributed by atoms with Gasteiger partial charge in [-0.1, -0.05) is 0 Å². The van der Waals surface area contributed by atoms with E-state index in [2.05, 4.69) is 20.8 Å². The van der Waals surface area contributed by atoms with Gasteiger partial charge >= 0.3 is 0 Å². The van der Waals surface area contributed by atoms with Crippen molar-refractivity contribution >= 4 is 5.91 Å². The van der Waals surface area contributed by atoms with Crippen LogP contribution in [0, 0.1) is 5.92 Å². The number of hydrogen-bond donors (Lipinski definition) is 2. The molecule has 1 atom stereocenters. The highest BCUT2D eigenvalue weighted by Crippen LogP contribution is 2.13. The molecule has 0 saturated carbocycles. The molecule has 17 heavy (non-hydrogen) atoms. The lowest BCUT2D eigenvalue weighted by Crippen LogP contribution is -2.34. The minimum Gasteiger partial charge on any atom is -0.349 e. The Labute approximate surface area is 101 Å². The average molecular weight is 237 g/mol. The third kappa shape index (κ3) is 3.52. The second-order valence-electron chi connectivity index (χ2n) is 4.55. The van der Waals surface area contributed by atoms with Crippen LogP contribution in [0.25, 0.3) is 0 Å². The van der Waals surface area contributed by atoms with E-state index in [4.69, 9.17) is 0 Å². The maximum atomic E-state index is 11.7. The Balaban J connectivity index is 1.72. The number of aromatic nitrogens is 3. The first-order valence-corrected chi connectivity index (χ1v) is 6.06. The van der Waals surface area contributed by atoms with Gasteiger partial charge in [0, 0.05) is 13.5 Å². The summed E-state index contributed by atoms with van der Waals surface area (Å²) in [5.41, 5.74) is 0. The molecule has 1 aromatic rings. The zero-order chi connectivity index (χ0) is 12.1. The van der Waals surface area contributed by atoms with E-state index in [9.17, 15) is 4.79 Å². The first-order valence-electron chi connectivity index (χ1n) is 6.06. The number of hydrogen-bond acceptors (Lipinski definition) is 4. The molecule has 6 heteroatoms. The number of nitrogens with zero attached hydrogens (tertiary/aromatic N) is 3. The van der Waals surface area contributed by atoms with Gasteiger partial charge in [0.05, 0.1) is 6.54 Å². The SMILES string of the molecule is Cn1cnnc1CNC(=O)CC1CCCNC1. The molecule has 0 aliphatic carbocycles. The zero-order valence-electron chi connectivity index (χ0n) is 10.1. The Kier molecular flexibility index (Phi) is 4.08. The smallest absolute Gasteiger partial charge is 0.220 e. The standard InChI is InChI=1S/C11H19N5O/c1-16-8-14-15-10(16)7-13-11(17)5-9-3-2-4-12-6-9/h8-9,12H,2-7H2,1H3,(H,13,17). The van der Waals surface area contributed by atoms with Crippen molar-refractivity contribution in [3.8, 4) is 0 Å². The third-order valence-electron chi connectivity index (χ3n) is 3.12. The fraction of sp³-hybridized carbons (Fsp3) is 0.727. The third-order valence-corrected chi connectivity index (χ3v) is 3.12. The molecule has 6 nitrogen and oxygen atoms in total. The van der Waals surface area contributed by atoms with Gasteiger partial charge in [0.15, 0.2) is 5.82 Å². The molecule has 1 saturated heterocycles. The molecule has 94 valence electrons. The van der Waals surface area contributed by atoms with Crippen LogP contribution in [-0.2, 0) is 18.4 Å². The summed E-state index contributed by atoms with van der Waals surface area (Å²) in [6, 6.07) is 0. The summed E-state index contributed by atoms with van der Waals surface area (Å²) in [5.74, 6) is 1.35. The van der Waals surface area contributed by atoms with E-state index in [0.717, 1.165) is 25.3 Å². The number of nitrogens with one attached hydrogen (secondary N) is 2. The van der Waals surface area contributed by atoms with Crippen LogP contribution in [0.2, 0.25) is 0 Å². The number of piperidine rings is 1. The highest BCUT2D eigenvalue weighted by atomic mass is 16.1. The van der Waals surface area contributed by atoms with Crippen LogP contribution in [0.3, 0.4) is 0 Å². The van der Waals surface area contributed by atoms with Crippen LogP contribution in [0.15, 0.2) is 6.33 Å². The summed E-state index contributed by atoms with van der Waals surface area (Å²) < 4.78 is 1.81. The molecule has 0 spiro atoms. The molecular formula is C11H19N5O. The zero-order valence-corrected chi connectivity index (χ0v) is 10.1. The predicted molar refractivity (Wildman–Crippen MR) is 63.1 cm³/mol. The van der Waals surface area contributed by atoms with Crippen molar-refractivity contribution in [3.05, 3.63) is 12.2 Å². The summed E-state index contributed by atoms with van der Waals surface area (Å²) >= 11 is 0. The summed E-state index contributed by atoms with van der Waals surface area (Å²) in [6.45, 7) is 2.49. The van der Waals surface area contributed by atoms with Gasteiger partial charge in [0.1, 0.15) is 6.33 Å². The van der Waals surface area contributed by atoms with Gasteiger partial charge in [-0.05, 0) is 31.8 Å². The van der Waals surface area contributed by atoms with Crippen molar-refractivity contribution in [1.82, 2.24) is 25.4 Å². The van der Waals surface area contributed by atoms with Gasteiger partial charge in [0.25, 0.3) is 0 Å². The summed E-state index contributed by atoms with van der Waals surface area (Å²) in [4.78, 5) is 11.7. The molecule has 0 radical (unpaired) electrons. The van der Waals surface area contributed by atoms with Gasteiger partial charge in [-0.2, -0.15) is 0 Å². The number of rotatable bonds is 4. The van der Waals surface area contributed by atoms with Crippen molar-refractivity contribution in [1.29, 1.82) is 0 Å². The van der Waals surface area contributed by atoms with Crippen LogP contribution in [0.1, 0.15) is 25.1 Å². The van der Waals surface area contributed by atoms with Crippen LogP contribution in [0.5, 0.6) is 0 Å². The second-order valence-corrected chi connectivity index (χ2v) is 4.55. The molecule has 1 aliphatic rings. The van der Waals surface area contributed by atoms with E-state index >= 15 is 0 Å². The Morgan fingerprint density at radius 1 is 1.71 bits per heavy atom. The lowest BCUT2D eigenvalue weighted by atomic mass is 9.96. The van der Waals surface area contributed by atoms with E-state index in [1.165, 1.54) is 6.42 Å². The number of amides is 1. The molecule has 2 rings (SSSR count). The quantitative estimate of drug-likeness (QED) is 0.762. The lowest BCUT2D eigenvalue weighted by Gasteiger charge is -2.21. The molecule has 1 fully saturated rings. The van der Waals surface area contributed by atoms with Gasteiger partial charge in [-0.15, -0.1) is 10.2 Å². The van der Waals surface area contributed by atoms with Gasteiger partial charge < -0.3 is 15.2 Å². The number of carbonyl (C=O) groups excluding carboxylic acids is 1. The highest BCUT2D eigenvalue weighted by molar-refractivity contribution is 5.76. The Bertz CT molecular complexity index is 370. The molecular weight excluding hydrogens is 218 g/mol. The van der Waals surface area contributed by atoms with E-state index < -0.39 is 0 Å². The maximum Gasteiger partial charge on any atom is 0.220 e. The van der Waals surface area contributed by atoms with Crippen molar-refractivity contribution in [2.24, 2.45) is 13.0 Å². The largest absolute Gasteiger partial charge is 0.349 e. The molecule has 0 aromatic carbocycles. The van der Waals surface area contributed by atoms with Crippen LogP contribution in [0.4, 0.5) is 0 Å². The summed E-state index contributed by atoms with van der Waals surface area (Å²) in [6.07, 6.45) is 4.54. The highest BCUT2D eigenvalue weighted by Gasteiger charge is 2.16. The molecule has 1 amide bonds. The van der Waals surface area contributed by atoms with Crippen molar-refractivity contribution in [2.45, 2.75) is 25.8 Å². The van der Waals surface area contributed by atoms with Gasteiger partial charge in [-0.25, -0.2) is 0 Å². The van der Waals surface area contributed by atoms with E-state index in [1.54, 1.807) is 6.33 Å².